The van der Waals surface area contributed by atoms with Crippen LogP contribution in [-0.4, -0.2) is 18.1 Å². The van der Waals surface area contributed by atoms with Gasteiger partial charge in [0.25, 0.3) is 5.91 Å². The van der Waals surface area contributed by atoms with Crippen molar-refractivity contribution in [3.8, 4) is 5.75 Å². The highest BCUT2D eigenvalue weighted by atomic mass is 35.5. The van der Waals surface area contributed by atoms with Crippen molar-refractivity contribution in [2.75, 3.05) is 6.61 Å². The van der Waals surface area contributed by atoms with Crippen LogP contribution in [0.3, 0.4) is 0 Å². The van der Waals surface area contributed by atoms with Crippen LogP contribution in [0.2, 0.25) is 5.02 Å². The third kappa shape index (κ3) is 5.09. The van der Waals surface area contributed by atoms with E-state index in [0.29, 0.717) is 17.3 Å². The summed E-state index contributed by atoms with van der Waals surface area (Å²) in [6.07, 6.45) is 0.855. The van der Waals surface area contributed by atoms with E-state index in [4.69, 9.17) is 22.1 Å². The zero-order valence-corrected chi connectivity index (χ0v) is 12.4. The van der Waals surface area contributed by atoms with Gasteiger partial charge in [-0.2, -0.15) is 0 Å². The number of hydrogen-bond acceptors (Lipinski definition) is 3. The number of hydrogen-bond donors (Lipinski definition) is 2. The molecule has 5 heteroatoms. The number of nitrogens with one attached hydrogen (secondary N) is 1. The molecule has 0 atom stereocenters. The second-order valence-electron chi connectivity index (χ2n) is 5.03. The van der Waals surface area contributed by atoms with Gasteiger partial charge in [0.2, 0.25) is 0 Å². The quantitative estimate of drug-likeness (QED) is 0.843. The average molecular weight is 285 g/mol. The molecule has 0 saturated heterocycles. The molecule has 0 fully saturated rings. The van der Waals surface area contributed by atoms with Gasteiger partial charge in [-0.3, -0.25) is 4.79 Å². The summed E-state index contributed by atoms with van der Waals surface area (Å²) in [7, 11) is 0. The first kappa shape index (κ1) is 15.8. The summed E-state index contributed by atoms with van der Waals surface area (Å²) in [6, 6.07) is 5.18. The number of ether oxygens (including phenoxy) is 1. The van der Waals surface area contributed by atoms with E-state index in [9.17, 15) is 4.79 Å². The van der Waals surface area contributed by atoms with E-state index in [2.05, 4.69) is 5.32 Å². The summed E-state index contributed by atoms with van der Waals surface area (Å²) < 4.78 is 5.48. The Morgan fingerprint density at radius 3 is 2.74 bits per heavy atom. The number of halogens is 1. The third-order valence-corrected chi connectivity index (χ3v) is 3.20. The minimum Gasteiger partial charge on any atom is -0.483 e. The van der Waals surface area contributed by atoms with E-state index in [1.165, 1.54) is 0 Å². The topological polar surface area (TPSA) is 64.3 Å². The first-order valence-electron chi connectivity index (χ1n) is 6.30. The van der Waals surface area contributed by atoms with Crippen LogP contribution in [0.1, 0.15) is 32.8 Å². The summed E-state index contributed by atoms with van der Waals surface area (Å²) >= 11 is 5.87. The SMILES string of the molecule is CCC(C)(C)NC(=O)COc1ccc(Cl)cc1CN. The fraction of sp³-hybridized carbons (Fsp3) is 0.500. The standard InChI is InChI=1S/C14H21ClN2O2/c1-4-14(2,3)17-13(18)9-19-12-6-5-11(15)7-10(12)8-16/h5-7H,4,8-9,16H2,1-3H3,(H,17,18). The van der Waals surface area contributed by atoms with Crippen LogP contribution in [0.25, 0.3) is 0 Å². The second kappa shape index (κ2) is 6.78. The van der Waals surface area contributed by atoms with Crippen molar-refractivity contribution in [3.05, 3.63) is 28.8 Å². The van der Waals surface area contributed by atoms with Crippen LogP contribution < -0.4 is 15.8 Å². The van der Waals surface area contributed by atoms with Crippen molar-refractivity contribution in [3.63, 3.8) is 0 Å². The first-order valence-corrected chi connectivity index (χ1v) is 6.68. The van der Waals surface area contributed by atoms with E-state index < -0.39 is 0 Å². The smallest absolute Gasteiger partial charge is 0.258 e. The lowest BCUT2D eigenvalue weighted by molar-refractivity contribution is -0.124. The van der Waals surface area contributed by atoms with Gasteiger partial charge in [0.1, 0.15) is 5.75 Å². The van der Waals surface area contributed by atoms with E-state index in [-0.39, 0.29) is 18.1 Å². The zero-order valence-electron chi connectivity index (χ0n) is 11.6. The molecule has 1 amide bonds. The van der Waals surface area contributed by atoms with Crippen molar-refractivity contribution < 1.29 is 9.53 Å². The maximum absolute atomic E-state index is 11.8. The molecule has 4 nitrogen and oxygen atoms in total. The Balaban J connectivity index is 2.60. The van der Waals surface area contributed by atoms with Crippen molar-refractivity contribution in [1.29, 1.82) is 0 Å². The van der Waals surface area contributed by atoms with Crippen LogP contribution >= 0.6 is 11.6 Å². The second-order valence-corrected chi connectivity index (χ2v) is 5.47. The first-order chi connectivity index (χ1) is 8.88. The highest BCUT2D eigenvalue weighted by molar-refractivity contribution is 6.30. The zero-order chi connectivity index (χ0) is 14.5. The van der Waals surface area contributed by atoms with Gasteiger partial charge in [-0.15, -0.1) is 0 Å². The lowest BCUT2D eigenvalue weighted by atomic mass is 10.0. The summed E-state index contributed by atoms with van der Waals surface area (Å²) in [5.41, 5.74) is 6.17. The molecule has 0 aliphatic carbocycles. The molecule has 0 aliphatic rings. The Morgan fingerprint density at radius 1 is 1.47 bits per heavy atom. The number of rotatable bonds is 6. The molecule has 3 N–H and O–H groups in total. The molecular weight excluding hydrogens is 264 g/mol. The van der Waals surface area contributed by atoms with Gasteiger partial charge in [0, 0.05) is 22.7 Å². The molecule has 0 saturated carbocycles. The van der Waals surface area contributed by atoms with Crippen LogP contribution in [0, 0.1) is 0 Å². The number of benzene rings is 1. The monoisotopic (exact) mass is 284 g/mol. The summed E-state index contributed by atoms with van der Waals surface area (Å²) in [5.74, 6) is 0.445. The average Bonchev–Trinajstić information content (AvgIpc) is 2.36. The fourth-order valence-electron chi connectivity index (χ4n) is 1.49. The number of amides is 1. The third-order valence-electron chi connectivity index (χ3n) is 2.96. The molecule has 1 rings (SSSR count). The minimum atomic E-state index is -0.225. The van der Waals surface area contributed by atoms with Gasteiger partial charge < -0.3 is 15.8 Å². The molecule has 0 heterocycles. The summed E-state index contributed by atoms with van der Waals surface area (Å²) in [6.45, 7) is 6.25. The van der Waals surface area contributed by atoms with Gasteiger partial charge in [0.05, 0.1) is 0 Å². The van der Waals surface area contributed by atoms with Gasteiger partial charge in [-0.1, -0.05) is 18.5 Å². The normalized spacial score (nSPS) is 11.2. The summed E-state index contributed by atoms with van der Waals surface area (Å²) in [5, 5.41) is 3.51. The van der Waals surface area contributed by atoms with Crippen LogP contribution in [0.15, 0.2) is 18.2 Å². The van der Waals surface area contributed by atoms with Crippen LogP contribution in [0.4, 0.5) is 0 Å². The Bertz CT molecular complexity index is 447. The maximum Gasteiger partial charge on any atom is 0.258 e. The molecule has 0 spiro atoms. The van der Waals surface area contributed by atoms with E-state index in [0.717, 1.165) is 12.0 Å². The van der Waals surface area contributed by atoms with E-state index in [1.807, 2.05) is 20.8 Å². The van der Waals surface area contributed by atoms with Gasteiger partial charge in [-0.05, 0) is 38.5 Å². The van der Waals surface area contributed by atoms with Gasteiger partial charge in [0.15, 0.2) is 6.61 Å². The van der Waals surface area contributed by atoms with Crippen molar-refractivity contribution in [2.24, 2.45) is 5.73 Å². The molecule has 106 valence electrons. The number of nitrogens with two attached hydrogens (primary N) is 1. The van der Waals surface area contributed by atoms with Crippen LogP contribution in [-0.2, 0) is 11.3 Å². The Labute approximate surface area is 119 Å². The van der Waals surface area contributed by atoms with Crippen molar-refractivity contribution in [1.82, 2.24) is 5.32 Å². The Kier molecular flexibility index (Phi) is 5.63. The molecule has 0 aromatic heterocycles. The number of carbonyl (C=O) groups is 1. The largest absolute Gasteiger partial charge is 0.483 e. The fourth-order valence-corrected chi connectivity index (χ4v) is 1.69. The predicted octanol–water partition coefficient (Wildman–Crippen LogP) is 2.48. The molecule has 0 aliphatic heterocycles. The lowest BCUT2D eigenvalue weighted by Crippen LogP contribution is -2.44. The van der Waals surface area contributed by atoms with Gasteiger partial charge >= 0.3 is 0 Å². The minimum absolute atomic E-state index is 0.0297. The molecule has 19 heavy (non-hydrogen) atoms. The molecule has 0 radical (unpaired) electrons. The van der Waals surface area contributed by atoms with E-state index in [1.54, 1.807) is 18.2 Å². The predicted molar refractivity (Wildman–Crippen MR) is 77.4 cm³/mol. The van der Waals surface area contributed by atoms with Crippen molar-refractivity contribution >= 4 is 17.5 Å². The molecule has 1 aromatic carbocycles. The molecule has 0 bridgehead atoms. The lowest BCUT2D eigenvalue weighted by Gasteiger charge is -2.24. The van der Waals surface area contributed by atoms with Gasteiger partial charge in [-0.25, -0.2) is 0 Å². The summed E-state index contributed by atoms with van der Waals surface area (Å²) in [4.78, 5) is 11.8. The number of carbonyl (C=O) groups excluding carboxylic acids is 1. The Morgan fingerprint density at radius 2 is 2.16 bits per heavy atom. The molecule has 1 aromatic rings. The van der Waals surface area contributed by atoms with E-state index >= 15 is 0 Å². The molecular formula is C14H21ClN2O2. The van der Waals surface area contributed by atoms with Crippen molar-refractivity contribution in [2.45, 2.75) is 39.3 Å². The molecule has 0 unspecified atom stereocenters. The highest BCUT2D eigenvalue weighted by Crippen LogP contribution is 2.22. The van der Waals surface area contributed by atoms with Crippen LogP contribution in [0.5, 0.6) is 5.75 Å². The Hall–Kier alpha value is -1.26. The highest BCUT2D eigenvalue weighted by Gasteiger charge is 2.18. The maximum atomic E-state index is 11.8.